The highest BCUT2D eigenvalue weighted by atomic mass is 16.6. The molecular weight excluding hydrogens is 496 g/mol. The Labute approximate surface area is 216 Å². The first-order valence-electron chi connectivity index (χ1n) is 12.5. The van der Waals surface area contributed by atoms with Gasteiger partial charge in [-0.1, -0.05) is 29.6 Å². The molecule has 0 aromatic carbocycles. The van der Waals surface area contributed by atoms with Gasteiger partial charge in [-0.15, -0.1) is 5.10 Å². The normalized spacial score (nSPS) is 23.6. The number of fused-ring (bicyclic) bond motifs is 1. The lowest BCUT2D eigenvalue weighted by atomic mass is 9.82. The second kappa shape index (κ2) is 9.74. The third-order valence-electron chi connectivity index (χ3n) is 7.00. The van der Waals surface area contributed by atoms with Crippen molar-refractivity contribution >= 4 is 22.9 Å². The highest BCUT2D eigenvalue weighted by Gasteiger charge is 2.47. The van der Waals surface area contributed by atoms with Gasteiger partial charge in [0.25, 0.3) is 11.9 Å². The van der Waals surface area contributed by atoms with Gasteiger partial charge in [-0.05, 0) is 19.3 Å². The highest BCUT2D eigenvalue weighted by molar-refractivity contribution is 5.84. The zero-order valence-corrected chi connectivity index (χ0v) is 20.9. The molecule has 0 bridgehead atoms. The molecule has 38 heavy (non-hydrogen) atoms. The predicted molar refractivity (Wildman–Crippen MR) is 130 cm³/mol. The molecule has 1 aliphatic carbocycles. The zero-order valence-electron chi connectivity index (χ0n) is 20.9. The number of aliphatic hydroxyl groups is 2. The lowest BCUT2D eigenvalue weighted by Gasteiger charge is -2.23. The summed E-state index contributed by atoms with van der Waals surface area (Å²) in [5.41, 5.74) is 2.28. The zero-order chi connectivity index (χ0) is 26.4. The second-order valence-electron chi connectivity index (χ2n) is 9.68. The Balaban J connectivity index is 1.37. The van der Waals surface area contributed by atoms with Gasteiger partial charge >= 0.3 is 0 Å². The van der Waals surface area contributed by atoms with Crippen LogP contribution in [0.25, 0.3) is 17.1 Å². The first kappa shape index (κ1) is 24.4. The van der Waals surface area contributed by atoms with Crippen molar-refractivity contribution in [3.8, 4) is 5.95 Å². The predicted octanol–water partition coefficient (Wildman–Crippen LogP) is 0.0233. The number of carbonyl (C=O) groups is 1. The van der Waals surface area contributed by atoms with Crippen molar-refractivity contribution in [2.75, 3.05) is 12.4 Å². The number of imidazole rings is 1. The van der Waals surface area contributed by atoms with Crippen LogP contribution in [0.1, 0.15) is 42.6 Å². The fourth-order valence-corrected chi connectivity index (χ4v) is 4.72. The Morgan fingerprint density at radius 3 is 2.79 bits per heavy atom. The van der Waals surface area contributed by atoms with Crippen LogP contribution in [-0.4, -0.2) is 81.1 Å². The SMILES string of the molecule is CNC(=O)[C@H]1O[C@@H](n2cnc3c(NCc4cc(C)no4)nc(-n4cc(CC5CCC5)nn4)nc32)[C@H](O)[C@@H]1O. The number of likely N-dealkylation sites (N-methyl/N-ethyl adjacent to an activating group) is 1. The van der Waals surface area contributed by atoms with Gasteiger partial charge in [0.15, 0.2) is 35.1 Å². The number of amides is 1. The molecule has 4 aromatic heterocycles. The number of anilines is 1. The van der Waals surface area contributed by atoms with Crippen LogP contribution in [0, 0.1) is 12.8 Å². The van der Waals surface area contributed by atoms with E-state index in [0.717, 1.165) is 17.8 Å². The topological polar surface area (TPSA) is 191 Å². The molecule has 0 unspecified atom stereocenters. The number of aliphatic hydroxyl groups excluding tert-OH is 2. The highest BCUT2D eigenvalue weighted by Crippen LogP contribution is 2.33. The minimum atomic E-state index is -1.43. The summed E-state index contributed by atoms with van der Waals surface area (Å²) in [5.74, 6) is 1.27. The standard InChI is InChI=1S/C23H28N10O5/c1-11-6-14(38-30-11)8-25-19-15-20(28-23(27-19)33-9-13(29-31-33)7-12-4-3-5-12)32(10-26-15)22-17(35)16(34)18(37-22)21(36)24-2/h6,9-10,12,16-18,22,34-35H,3-5,7-8H2,1-2H3,(H,24,36)(H,25,27,28)/t16-,17+,18-,22+/m0/s1. The van der Waals surface area contributed by atoms with E-state index < -0.39 is 30.4 Å². The summed E-state index contributed by atoms with van der Waals surface area (Å²) in [7, 11) is 1.43. The molecule has 15 heteroatoms. The average molecular weight is 525 g/mol. The van der Waals surface area contributed by atoms with Crippen molar-refractivity contribution in [3.63, 3.8) is 0 Å². The molecule has 1 saturated carbocycles. The molecule has 2 aliphatic rings. The number of rotatable bonds is 8. The van der Waals surface area contributed by atoms with Crippen LogP contribution in [-0.2, 0) is 22.5 Å². The molecule has 200 valence electrons. The Morgan fingerprint density at radius 2 is 2.08 bits per heavy atom. The molecule has 6 rings (SSSR count). The van der Waals surface area contributed by atoms with Crippen molar-refractivity contribution in [3.05, 3.63) is 35.7 Å². The first-order chi connectivity index (χ1) is 18.4. The van der Waals surface area contributed by atoms with E-state index in [9.17, 15) is 15.0 Å². The number of nitrogens with zero attached hydrogens (tertiary/aromatic N) is 8. The van der Waals surface area contributed by atoms with Crippen LogP contribution in [0.5, 0.6) is 0 Å². The number of carbonyl (C=O) groups excluding carboxylic acids is 1. The number of nitrogens with one attached hydrogen (secondary N) is 2. The summed E-state index contributed by atoms with van der Waals surface area (Å²) in [5, 5.41) is 39.2. The molecule has 1 aliphatic heterocycles. The Kier molecular flexibility index (Phi) is 6.25. The van der Waals surface area contributed by atoms with Crippen LogP contribution in [0.4, 0.5) is 5.82 Å². The van der Waals surface area contributed by atoms with Gasteiger partial charge in [-0.2, -0.15) is 14.6 Å². The van der Waals surface area contributed by atoms with Crippen LogP contribution < -0.4 is 10.6 Å². The minimum Gasteiger partial charge on any atom is -0.387 e. The molecule has 4 atom stereocenters. The smallest absolute Gasteiger partial charge is 0.256 e. The van der Waals surface area contributed by atoms with Gasteiger partial charge < -0.3 is 30.1 Å². The molecule has 1 saturated heterocycles. The van der Waals surface area contributed by atoms with E-state index in [2.05, 4.69) is 41.1 Å². The summed E-state index contributed by atoms with van der Waals surface area (Å²) in [4.78, 5) is 25.9. The van der Waals surface area contributed by atoms with E-state index in [1.807, 2.05) is 6.92 Å². The maximum absolute atomic E-state index is 12.2. The Bertz CT molecular complexity index is 1460. The Morgan fingerprint density at radius 1 is 1.24 bits per heavy atom. The quantitative estimate of drug-likeness (QED) is 0.242. The fraction of sp³-hybridized carbons (Fsp3) is 0.522. The number of aromatic nitrogens is 8. The van der Waals surface area contributed by atoms with Crippen molar-refractivity contribution < 1.29 is 24.3 Å². The maximum atomic E-state index is 12.2. The van der Waals surface area contributed by atoms with E-state index in [0.29, 0.717) is 28.7 Å². The number of hydrogen-bond donors (Lipinski definition) is 4. The minimum absolute atomic E-state index is 0.221. The largest absolute Gasteiger partial charge is 0.387 e. The van der Waals surface area contributed by atoms with E-state index in [-0.39, 0.29) is 12.5 Å². The van der Waals surface area contributed by atoms with Crippen molar-refractivity contribution in [2.45, 2.75) is 63.7 Å². The van der Waals surface area contributed by atoms with Crippen LogP contribution >= 0.6 is 0 Å². The average Bonchev–Trinajstić information content (AvgIpc) is 3.67. The molecule has 0 spiro atoms. The fourth-order valence-electron chi connectivity index (χ4n) is 4.72. The van der Waals surface area contributed by atoms with Gasteiger partial charge in [-0.25, -0.2) is 4.98 Å². The monoisotopic (exact) mass is 524 g/mol. The number of hydrogen-bond acceptors (Lipinski definition) is 12. The second-order valence-corrected chi connectivity index (χ2v) is 9.68. The van der Waals surface area contributed by atoms with E-state index >= 15 is 0 Å². The third kappa shape index (κ3) is 4.37. The molecule has 15 nitrogen and oxygen atoms in total. The van der Waals surface area contributed by atoms with Gasteiger partial charge in [-0.3, -0.25) is 9.36 Å². The molecule has 2 fully saturated rings. The lowest BCUT2D eigenvalue weighted by molar-refractivity contribution is -0.137. The first-order valence-corrected chi connectivity index (χ1v) is 12.5. The Hall–Kier alpha value is -3.95. The summed E-state index contributed by atoms with van der Waals surface area (Å²) in [6.45, 7) is 2.11. The molecule has 5 heterocycles. The van der Waals surface area contributed by atoms with Gasteiger partial charge in [0.05, 0.1) is 30.5 Å². The van der Waals surface area contributed by atoms with E-state index in [4.69, 9.17) is 9.26 Å². The molecule has 0 radical (unpaired) electrons. The van der Waals surface area contributed by atoms with Crippen molar-refractivity contribution in [2.24, 2.45) is 5.92 Å². The van der Waals surface area contributed by atoms with Gasteiger partial charge in [0.1, 0.15) is 12.2 Å². The molecule has 4 N–H and O–H groups in total. The number of aryl methyl sites for hydroxylation is 1. The van der Waals surface area contributed by atoms with Gasteiger partial charge in [0.2, 0.25) is 0 Å². The summed E-state index contributed by atoms with van der Waals surface area (Å²) in [6.07, 6.45) is 2.48. The molecule has 1 amide bonds. The lowest BCUT2D eigenvalue weighted by Crippen LogP contribution is -2.41. The molecule has 4 aromatic rings. The van der Waals surface area contributed by atoms with E-state index in [1.54, 1.807) is 12.3 Å². The van der Waals surface area contributed by atoms with Crippen LogP contribution in [0.3, 0.4) is 0 Å². The summed E-state index contributed by atoms with van der Waals surface area (Å²) < 4.78 is 14.0. The number of ether oxygens (including phenoxy) is 1. The summed E-state index contributed by atoms with van der Waals surface area (Å²) in [6, 6.07) is 1.80. The van der Waals surface area contributed by atoms with Gasteiger partial charge in [0, 0.05) is 13.1 Å². The summed E-state index contributed by atoms with van der Waals surface area (Å²) >= 11 is 0. The maximum Gasteiger partial charge on any atom is 0.256 e. The van der Waals surface area contributed by atoms with Crippen LogP contribution in [0.2, 0.25) is 0 Å². The molecular formula is C23H28N10O5. The van der Waals surface area contributed by atoms with Crippen LogP contribution in [0.15, 0.2) is 23.1 Å². The third-order valence-corrected chi connectivity index (χ3v) is 7.00. The van der Waals surface area contributed by atoms with Crippen molar-refractivity contribution in [1.82, 2.24) is 45.0 Å². The van der Waals surface area contributed by atoms with E-state index in [1.165, 1.54) is 41.9 Å². The van der Waals surface area contributed by atoms with Crippen molar-refractivity contribution in [1.29, 1.82) is 0 Å².